The molecule has 1 aliphatic heterocycles. The molecule has 2 aromatic rings. The molecule has 2 aromatic carbocycles. The smallest absolute Gasteiger partial charge is 0.321 e. The number of ether oxygens (including phenoxy) is 3. The van der Waals surface area contributed by atoms with E-state index < -0.39 is 0 Å². The van der Waals surface area contributed by atoms with E-state index in [0.29, 0.717) is 25.4 Å². The minimum Gasteiger partial charge on any atom is -0.497 e. The van der Waals surface area contributed by atoms with Gasteiger partial charge in [-0.1, -0.05) is 18.2 Å². The molecular formula is C27H35N3O4. The summed E-state index contributed by atoms with van der Waals surface area (Å²) >= 11 is 0. The Morgan fingerprint density at radius 1 is 0.941 bits per heavy atom. The molecule has 1 fully saturated rings. The number of hydrogen-bond donors (Lipinski definition) is 1. The second-order valence-electron chi connectivity index (χ2n) is 8.09. The highest BCUT2D eigenvalue weighted by Crippen LogP contribution is 2.24. The first-order valence-corrected chi connectivity index (χ1v) is 11.6. The van der Waals surface area contributed by atoms with E-state index in [1.165, 1.54) is 5.57 Å². The van der Waals surface area contributed by atoms with Gasteiger partial charge < -0.3 is 24.4 Å². The molecule has 1 heterocycles. The molecule has 0 atom stereocenters. The summed E-state index contributed by atoms with van der Waals surface area (Å²) in [5.74, 6) is 2.16. The molecule has 0 aromatic heterocycles. The predicted molar refractivity (Wildman–Crippen MR) is 136 cm³/mol. The number of amides is 2. The first kappa shape index (κ1) is 25.2. The maximum atomic E-state index is 12.7. The fourth-order valence-corrected chi connectivity index (χ4v) is 3.77. The van der Waals surface area contributed by atoms with Gasteiger partial charge in [-0.3, -0.25) is 4.90 Å². The van der Waals surface area contributed by atoms with Crippen LogP contribution in [0.15, 0.2) is 66.3 Å². The van der Waals surface area contributed by atoms with E-state index in [-0.39, 0.29) is 6.03 Å². The molecule has 0 unspecified atom stereocenters. The van der Waals surface area contributed by atoms with Crippen LogP contribution in [0.3, 0.4) is 0 Å². The van der Waals surface area contributed by atoms with E-state index in [1.807, 2.05) is 54.3 Å². The Kier molecular flexibility index (Phi) is 9.40. The molecule has 0 aliphatic carbocycles. The van der Waals surface area contributed by atoms with Crippen LogP contribution >= 0.6 is 0 Å². The van der Waals surface area contributed by atoms with Gasteiger partial charge >= 0.3 is 6.03 Å². The number of hydrogen-bond acceptors (Lipinski definition) is 5. The van der Waals surface area contributed by atoms with Crippen molar-refractivity contribution in [2.75, 3.05) is 52.3 Å². The van der Waals surface area contributed by atoms with E-state index in [9.17, 15) is 4.79 Å². The van der Waals surface area contributed by atoms with E-state index in [2.05, 4.69) is 35.4 Å². The van der Waals surface area contributed by atoms with Gasteiger partial charge in [0.1, 0.15) is 23.9 Å². The molecular weight excluding hydrogens is 430 g/mol. The molecule has 0 saturated carbocycles. The lowest BCUT2D eigenvalue weighted by atomic mass is 10.2. The highest BCUT2D eigenvalue weighted by Gasteiger charge is 2.21. The van der Waals surface area contributed by atoms with E-state index in [4.69, 9.17) is 14.2 Å². The summed E-state index contributed by atoms with van der Waals surface area (Å²) in [5.41, 5.74) is 2.99. The first-order chi connectivity index (χ1) is 16.5. The number of rotatable bonds is 9. The van der Waals surface area contributed by atoms with Crippen molar-refractivity contribution in [3.63, 3.8) is 0 Å². The lowest BCUT2D eigenvalue weighted by Crippen LogP contribution is -2.50. The maximum Gasteiger partial charge on any atom is 0.321 e. The summed E-state index contributed by atoms with van der Waals surface area (Å²) in [5, 5.41) is 2.99. The Labute approximate surface area is 202 Å². The van der Waals surface area contributed by atoms with Gasteiger partial charge in [0.05, 0.1) is 14.2 Å². The van der Waals surface area contributed by atoms with Crippen molar-refractivity contribution in [2.45, 2.75) is 20.5 Å². The SMILES string of the molecule is C/C=C\C(=C/C)CN1CCN(C(=O)Nc2ccc(OCc3cc(OC)cc(OC)c3)cc2)CC1. The summed E-state index contributed by atoms with van der Waals surface area (Å²) in [6.07, 6.45) is 6.34. The summed E-state index contributed by atoms with van der Waals surface area (Å²) in [4.78, 5) is 16.9. The van der Waals surface area contributed by atoms with Crippen LogP contribution in [0.1, 0.15) is 19.4 Å². The molecule has 2 amide bonds. The topological polar surface area (TPSA) is 63.3 Å². The highest BCUT2D eigenvalue weighted by molar-refractivity contribution is 5.89. The number of carbonyl (C=O) groups excluding carboxylic acids is 1. The zero-order chi connectivity index (χ0) is 24.3. The van der Waals surface area contributed by atoms with Gasteiger partial charge in [-0.25, -0.2) is 4.79 Å². The van der Waals surface area contributed by atoms with Crippen LogP contribution in [0.4, 0.5) is 10.5 Å². The van der Waals surface area contributed by atoms with Crippen LogP contribution in [0.25, 0.3) is 0 Å². The lowest BCUT2D eigenvalue weighted by Gasteiger charge is -2.34. The number of anilines is 1. The third-order valence-electron chi connectivity index (χ3n) is 5.74. The van der Waals surface area contributed by atoms with Crippen molar-refractivity contribution in [3.8, 4) is 17.2 Å². The standard InChI is InChI=1S/C27H35N3O4/c1-5-7-21(6-2)19-29-12-14-30(15-13-29)27(31)28-23-8-10-24(11-9-23)34-20-22-16-25(32-3)18-26(17-22)33-4/h5-11,16-18H,12-15,19-20H2,1-4H3,(H,28,31)/b7-5-,21-6+. The van der Waals surface area contributed by atoms with Crippen molar-refractivity contribution in [3.05, 3.63) is 71.8 Å². The fourth-order valence-electron chi connectivity index (χ4n) is 3.77. The average Bonchev–Trinajstić information content (AvgIpc) is 2.88. The van der Waals surface area contributed by atoms with Gasteiger partial charge in [0, 0.05) is 44.5 Å². The van der Waals surface area contributed by atoms with Crippen molar-refractivity contribution in [2.24, 2.45) is 0 Å². The summed E-state index contributed by atoms with van der Waals surface area (Å²) in [7, 11) is 3.24. The molecule has 34 heavy (non-hydrogen) atoms. The average molecular weight is 466 g/mol. The largest absolute Gasteiger partial charge is 0.497 e. The molecule has 0 bridgehead atoms. The molecule has 1 N–H and O–H groups in total. The number of piperazine rings is 1. The molecule has 1 saturated heterocycles. The molecule has 7 heteroatoms. The van der Waals surface area contributed by atoms with Crippen LogP contribution in [-0.4, -0.2) is 62.8 Å². The predicted octanol–water partition coefficient (Wildman–Crippen LogP) is 4.95. The van der Waals surface area contributed by atoms with E-state index in [1.54, 1.807) is 14.2 Å². The third-order valence-corrected chi connectivity index (χ3v) is 5.74. The lowest BCUT2D eigenvalue weighted by molar-refractivity contribution is 0.154. The Bertz CT molecular complexity index is 971. The number of carbonyl (C=O) groups is 1. The Balaban J connectivity index is 1.47. The molecule has 7 nitrogen and oxygen atoms in total. The number of nitrogens with zero attached hydrogens (tertiary/aromatic N) is 2. The number of methoxy groups -OCH3 is 2. The molecule has 0 spiro atoms. The van der Waals surface area contributed by atoms with Crippen molar-refractivity contribution in [1.29, 1.82) is 0 Å². The van der Waals surface area contributed by atoms with Crippen LogP contribution in [0, 0.1) is 0 Å². The highest BCUT2D eigenvalue weighted by atomic mass is 16.5. The van der Waals surface area contributed by atoms with E-state index >= 15 is 0 Å². The zero-order valence-electron chi connectivity index (χ0n) is 20.5. The zero-order valence-corrected chi connectivity index (χ0v) is 20.5. The van der Waals surface area contributed by atoms with Gasteiger partial charge in [0.15, 0.2) is 0 Å². The number of urea groups is 1. The number of nitrogens with one attached hydrogen (secondary N) is 1. The molecule has 0 radical (unpaired) electrons. The summed E-state index contributed by atoms with van der Waals surface area (Å²) in [6, 6.07) is 13.0. The quantitative estimate of drug-likeness (QED) is 0.531. The van der Waals surface area contributed by atoms with Crippen LogP contribution in [-0.2, 0) is 6.61 Å². The molecule has 3 rings (SSSR count). The summed E-state index contributed by atoms with van der Waals surface area (Å²) < 4.78 is 16.5. The normalized spacial score (nSPS) is 14.8. The second-order valence-corrected chi connectivity index (χ2v) is 8.09. The molecule has 182 valence electrons. The monoisotopic (exact) mass is 465 g/mol. The van der Waals surface area contributed by atoms with Gasteiger partial charge in [-0.15, -0.1) is 0 Å². The Hall–Kier alpha value is -3.45. The Morgan fingerprint density at radius 3 is 2.15 bits per heavy atom. The van der Waals surface area contributed by atoms with Gasteiger partial charge in [-0.2, -0.15) is 0 Å². The third kappa shape index (κ3) is 7.28. The fraction of sp³-hybridized carbons (Fsp3) is 0.370. The minimum absolute atomic E-state index is 0.0727. The second kappa shape index (κ2) is 12.7. The number of benzene rings is 2. The minimum atomic E-state index is -0.0727. The maximum absolute atomic E-state index is 12.7. The van der Waals surface area contributed by atoms with Crippen LogP contribution in [0.2, 0.25) is 0 Å². The molecule has 1 aliphatic rings. The van der Waals surface area contributed by atoms with Crippen molar-refractivity contribution >= 4 is 11.7 Å². The van der Waals surface area contributed by atoms with Gasteiger partial charge in [0.25, 0.3) is 0 Å². The van der Waals surface area contributed by atoms with Crippen LogP contribution < -0.4 is 19.5 Å². The number of allylic oxidation sites excluding steroid dienone is 2. The van der Waals surface area contributed by atoms with Gasteiger partial charge in [-0.05, 0) is 61.4 Å². The summed E-state index contributed by atoms with van der Waals surface area (Å²) in [6.45, 7) is 8.54. The van der Waals surface area contributed by atoms with Crippen molar-refractivity contribution < 1.29 is 19.0 Å². The van der Waals surface area contributed by atoms with E-state index in [0.717, 1.165) is 42.4 Å². The first-order valence-electron chi connectivity index (χ1n) is 11.6. The van der Waals surface area contributed by atoms with Gasteiger partial charge in [0.2, 0.25) is 0 Å². The van der Waals surface area contributed by atoms with Crippen molar-refractivity contribution in [1.82, 2.24) is 9.80 Å². The Morgan fingerprint density at radius 2 is 1.59 bits per heavy atom. The van der Waals surface area contributed by atoms with Crippen LogP contribution in [0.5, 0.6) is 17.2 Å².